The Hall–Kier alpha value is -2.33. The molecule has 2 aromatic carbocycles. The number of carbonyl (C=O) groups excluding carboxylic acids is 1. The Kier molecular flexibility index (Phi) is 3.54. The summed E-state index contributed by atoms with van der Waals surface area (Å²) in [6, 6.07) is 13.3. The molecule has 1 aliphatic carbocycles. The first-order chi connectivity index (χ1) is 11.2. The lowest BCUT2D eigenvalue weighted by Crippen LogP contribution is -2.28. The van der Waals surface area contributed by atoms with E-state index in [4.69, 9.17) is 11.6 Å². The molecule has 2 N–H and O–H groups in total. The van der Waals surface area contributed by atoms with Gasteiger partial charge in [0.15, 0.2) is 0 Å². The molecular weight excluding hydrogens is 310 g/mol. The van der Waals surface area contributed by atoms with E-state index in [1.807, 2.05) is 36.4 Å². The number of para-hydroxylation sites is 2. The predicted octanol–water partition coefficient (Wildman–Crippen LogP) is 4.62. The van der Waals surface area contributed by atoms with E-state index in [1.165, 1.54) is 0 Å². The number of nitrogens with zero attached hydrogens (tertiary/aromatic N) is 1. The number of rotatable bonds is 3. The first-order valence-electron chi connectivity index (χ1n) is 7.76. The molecule has 1 heterocycles. The molecule has 0 unspecified atom stereocenters. The predicted molar refractivity (Wildman–Crippen MR) is 92.5 cm³/mol. The van der Waals surface area contributed by atoms with Gasteiger partial charge >= 0.3 is 0 Å². The Labute approximate surface area is 138 Å². The van der Waals surface area contributed by atoms with Gasteiger partial charge in [0.2, 0.25) is 5.91 Å². The summed E-state index contributed by atoms with van der Waals surface area (Å²) >= 11 is 6.15. The van der Waals surface area contributed by atoms with E-state index in [2.05, 4.69) is 15.3 Å². The highest BCUT2D eigenvalue weighted by Crippen LogP contribution is 2.33. The highest BCUT2D eigenvalue weighted by Gasteiger charge is 2.26. The number of anilines is 1. The van der Waals surface area contributed by atoms with Crippen molar-refractivity contribution in [2.45, 2.75) is 19.3 Å². The number of carbonyl (C=O) groups is 1. The molecule has 4 nitrogen and oxygen atoms in total. The first-order valence-corrected chi connectivity index (χ1v) is 8.14. The van der Waals surface area contributed by atoms with Gasteiger partial charge in [0.25, 0.3) is 0 Å². The standard InChI is InChI=1S/C18H16ClN3O/c19-12-8-9-14(22-18(23)11-4-3-5-11)13(10-12)17-20-15-6-1-2-7-16(15)21-17/h1-2,6-11H,3-5H2,(H,20,21)(H,22,23). The van der Waals surface area contributed by atoms with Gasteiger partial charge in [-0.15, -0.1) is 0 Å². The van der Waals surface area contributed by atoms with Gasteiger partial charge in [-0.1, -0.05) is 30.2 Å². The topological polar surface area (TPSA) is 57.8 Å². The van der Waals surface area contributed by atoms with Crippen molar-refractivity contribution in [3.63, 3.8) is 0 Å². The van der Waals surface area contributed by atoms with Gasteiger partial charge in [-0.05, 0) is 43.2 Å². The van der Waals surface area contributed by atoms with Gasteiger partial charge in [-0.3, -0.25) is 4.79 Å². The summed E-state index contributed by atoms with van der Waals surface area (Å²) in [5.74, 6) is 0.919. The van der Waals surface area contributed by atoms with Crippen LogP contribution in [0.3, 0.4) is 0 Å². The van der Waals surface area contributed by atoms with E-state index >= 15 is 0 Å². The fourth-order valence-electron chi connectivity index (χ4n) is 2.81. The van der Waals surface area contributed by atoms with E-state index in [1.54, 1.807) is 6.07 Å². The molecule has 4 rings (SSSR count). The molecule has 0 spiro atoms. The summed E-state index contributed by atoms with van der Waals surface area (Å²) in [5, 5.41) is 3.64. The van der Waals surface area contributed by atoms with Crippen molar-refractivity contribution in [2.24, 2.45) is 5.92 Å². The zero-order valence-corrected chi connectivity index (χ0v) is 13.2. The van der Waals surface area contributed by atoms with Crippen LogP contribution in [-0.4, -0.2) is 15.9 Å². The molecular formula is C18H16ClN3O. The third kappa shape index (κ3) is 2.70. The Morgan fingerprint density at radius 1 is 1.22 bits per heavy atom. The van der Waals surface area contributed by atoms with E-state index in [0.29, 0.717) is 10.8 Å². The lowest BCUT2D eigenvalue weighted by Gasteiger charge is -2.24. The molecule has 0 saturated heterocycles. The maximum atomic E-state index is 12.3. The number of hydrogen-bond acceptors (Lipinski definition) is 2. The number of imidazole rings is 1. The molecule has 116 valence electrons. The maximum absolute atomic E-state index is 12.3. The summed E-state index contributed by atoms with van der Waals surface area (Å²) in [5.41, 5.74) is 3.39. The molecule has 0 aliphatic heterocycles. The number of nitrogens with one attached hydrogen (secondary N) is 2. The minimum absolute atomic E-state index is 0.0796. The molecule has 1 amide bonds. The van der Waals surface area contributed by atoms with Crippen LogP contribution in [0.15, 0.2) is 42.5 Å². The normalized spacial score (nSPS) is 14.7. The molecule has 3 aromatic rings. The first kappa shape index (κ1) is 14.3. The summed E-state index contributed by atoms with van der Waals surface area (Å²) in [6.45, 7) is 0. The fraction of sp³-hybridized carbons (Fsp3) is 0.222. The van der Waals surface area contributed by atoms with E-state index in [-0.39, 0.29) is 11.8 Å². The second-order valence-corrected chi connectivity index (χ2v) is 6.35. The maximum Gasteiger partial charge on any atom is 0.227 e. The SMILES string of the molecule is O=C(Nc1ccc(Cl)cc1-c1nc2ccccc2[nH]1)C1CCC1. The molecule has 5 heteroatoms. The molecule has 1 fully saturated rings. The zero-order chi connectivity index (χ0) is 15.8. The van der Waals surface area contributed by atoms with Gasteiger partial charge < -0.3 is 10.3 Å². The van der Waals surface area contributed by atoms with Crippen LogP contribution in [0.25, 0.3) is 22.4 Å². The lowest BCUT2D eigenvalue weighted by atomic mass is 9.85. The largest absolute Gasteiger partial charge is 0.338 e. The van der Waals surface area contributed by atoms with Gasteiger partial charge in [0, 0.05) is 16.5 Å². The van der Waals surface area contributed by atoms with Crippen LogP contribution in [0.1, 0.15) is 19.3 Å². The molecule has 0 atom stereocenters. The van der Waals surface area contributed by atoms with Crippen molar-refractivity contribution < 1.29 is 4.79 Å². The molecule has 1 aromatic heterocycles. The average Bonchev–Trinajstić information content (AvgIpc) is 2.91. The Balaban J connectivity index is 1.74. The number of benzene rings is 2. The number of fused-ring (bicyclic) bond motifs is 1. The van der Waals surface area contributed by atoms with Crippen LogP contribution in [0, 0.1) is 5.92 Å². The number of H-pyrrole nitrogens is 1. The van der Waals surface area contributed by atoms with Crippen LogP contribution in [0.2, 0.25) is 5.02 Å². The third-order valence-electron chi connectivity index (χ3n) is 4.36. The smallest absolute Gasteiger partial charge is 0.227 e. The highest BCUT2D eigenvalue weighted by atomic mass is 35.5. The third-order valence-corrected chi connectivity index (χ3v) is 4.60. The number of aromatic nitrogens is 2. The van der Waals surface area contributed by atoms with E-state index < -0.39 is 0 Å². The summed E-state index contributed by atoms with van der Waals surface area (Å²) in [6.07, 6.45) is 3.08. The van der Waals surface area contributed by atoms with Gasteiger partial charge in [-0.25, -0.2) is 4.98 Å². The fourth-order valence-corrected chi connectivity index (χ4v) is 2.98. The Morgan fingerprint density at radius 2 is 2.04 bits per heavy atom. The van der Waals surface area contributed by atoms with Gasteiger partial charge in [0.05, 0.1) is 16.7 Å². The van der Waals surface area contributed by atoms with E-state index in [9.17, 15) is 4.79 Å². The molecule has 0 bridgehead atoms. The van der Waals surface area contributed by atoms with Crippen LogP contribution in [0.5, 0.6) is 0 Å². The Morgan fingerprint density at radius 3 is 2.78 bits per heavy atom. The van der Waals surface area contributed by atoms with Crippen molar-refractivity contribution in [3.05, 3.63) is 47.5 Å². The number of halogens is 1. The van der Waals surface area contributed by atoms with Crippen LogP contribution < -0.4 is 5.32 Å². The zero-order valence-electron chi connectivity index (χ0n) is 12.5. The summed E-state index contributed by atoms with van der Waals surface area (Å²) < 4.78 is 0. The minimum atomic E-state index is 0.0796. The van der Waals surface area contributed by atoms with Crippen LogP contribution >= 0.6 is 11.6 Å². The van der Waals surface area contributed by atoms with Gasteiger partial charge in [0.1, 0.15) is 5.82 Å². The number of aromatic amines is 1. The second kappa shape index (κ2) is 5.70. The minimum Gasteiger partial charge on any atom is -0.338 e. The summed E-state index contributed by atoms with van der Waals surface area (Å²) in [7, 11) is 0. The van der Waals surface area contributed by atoms with Crippen molar-refractivity contribution in [3.8, 4) is 11.4 Å². The molecule has 0 radical (unpaired) electrons. The number of hydrogen-bond donors (Lipinski definition) is 2. The van der Waals surface area contributed by atoms with E-state index in [0.717, 1.165) is 41.5 Å². The van der Waals surface area contributed by atoms with Crippen molar-refractivity contribution in [1.82, 2.24) is 9.97 Å². The van der Waals surface area contributed by atoms with Crippen molar-refractivity contribution in [1.29, 1.82) is 0 Å². The Bertz CT molecular complexity index is 850. The highest BCUT2D eigenvalue weighted by molar-refractivity contribution is 6.31. The summed E-state index contributed by atoms with van der Waals surface area (Å²) in [4.78, 5) is 20.2. The number of amides is 1. The molecule has 23 heavy (non-hydrogen) atoms. The monoisotopic (exact) mass is 325 g/mol. The average molecular weight is 326 g/mol. The van der Waals surface area contributed by atoms with Crippen molar-refractivity contribution in [2.75, 3.05) is 5.32 Å². The molecule has 1 saturated carbocycles. The van der Waals surface area contributed by atoms with Gasteiger partial charge in [-0.2, -0.15) is 0 Å². The van der Waals surface area contributed by atoms with Crippen LogP contribution in [-0.2, 0) is 4.79 Å². The van der Waals surface area contributed by atoms with Crippen LogP contribution in [0.4, 0.5) is 5.69 Å². The molecule has 1 aliphatic rings. The lowest BCUT2D eigenvalue weighted by molar-refractivity contribution is -0.122. The quantitative estimate of drug-likeness (QED) is 0.738. The second-order valence-electron chi connectivity index (χ2n) is 5.91. The van der Waals surface area contributed by atoms with Crippen molar-refractivity contribution >= 4 is 34.2 Å².